The fourth-order valence-electron chi connectivity index (χ4n) is 2.01. The van der Waals surface area contributed by atoms with Crippen LogP contribution in [0.5, 0.6) is 0 Å². The van der Waals surface area contributed by atoms with Crippen molar-refractivity contribution in [3.63, 3.8) is 0 Å². The van der Waals surface area contributed by atoms with Gasteiger partial charge in [-0.3, -0.25) is 0 Å². The first-order chi connectivity index (χ1) is 7.54. The van der Waals surface area contributed by atoms with Gasteiger partial charge in [0.15, 0.2) is 0 Å². The molecule has 0 fully saturated rings. The SMILES string of the molecule is CNC(C)c1oc2c(C)cc(Br)cc2c1C. The molecule has 2 nitrogen and oxygen atoms in total. The predicted molar refractivity (Wildman–Crippen MR) is 70.9 cm³/mol. The van der Waals surface area contributed by atoms with Gasteiger partial charge in [0.1, 0.15) is 11.3 Å². The van der Waals surface area contributed by atoms with Crippen molar-refractivity contribution in [2.75, 3.05) is 7.05 Å². The van der Waals surface area contributed by atoms with E-state index in [1.165, 1.54) is 16.5 Å². The molecule has 1 unspecified atom stereocenters. The van der Waals surface area contributed by atoms with Crippen LogP contribution < -0.4 is 5.32 Å². The van der Waals surface area contributed by atoms with Crippen LogP contribution in [-0.2, 0) is 0 Å². The lowest BCUT2D eigenvalue weighted by atomic mass is 10.1. The van der Waals surface area contributed by atoms with Crippen LogP contribution in [0.15, 0.2) is 21.0 Å². The fourth-order valence-corrected chi connectivity index (χ4v) is 2.58. The number of hydrogen-bond donors (Lipinski definition) is 1. The summed E-state index contributed by atoms with van der Waals surface area (Å²) in [7, 11) is 1.94. The standard InChI is InChI=1S/C13H16BrNO/c1-7-5-10(14)6-11-8(2)13(9(3)15-4)16-12(7)11/h5-6,9,15H,1-4H3. The topological polar surface area (TPSA) is 25.2 Å². The molecule has 0 aliphatic carbocycles. The molecule has 1 N–H and O–H groups in total. The highest BCUT2D eigenvalue weighted by Gasteiger charge is 2.16. The van der Waals surface area contributed by atoms with E-state index in [9.17, 15) is 0 Å². The highest BCUT2D eigenvalue weighted by atomic mass is 79.9. The van der Waals surface area contributed by atoms with Gasteiger partial charge in [-0.25, -0.2) is 0 Å². The molecule has 1 atom stereocenters. The highest BCUT2D eigenvalue weighted by molar-refractivity contribution is 9.10. The lowest BCUT2D eigenvalue weighted by molar-refractivity contribution is 0.470. The van der Waals surface area contributed by atoms with Crippen LogP contribution in [0.4, 0.5) is 0 Å². The molecule has 0 aliphatic rings. The summed E-state index contributed by atoms with van der Waals surface area (Å²) < 4.78 is 7.06. The maximum Gasteiger partial charge on any atom is 0.137 e. The Bertz CT molecular complexity index is 530. The maximum absolute atomic E-state index is 5.95. The van der Waals surface area contributed by atoms with Crippen molar-refractivity contribution in [1.29, 1.82) is 0 Å². The first kappa shape index (κ1) is 11.7. The molecule has 0 aliphatic heterocycles. The molecule has 1 aromatic heterocycles. The van der Waals surface area contributed by atoms with Crippen molar-refractivity contribution >= 4 is 26.9 Å². The van der Waals surface area contributed by atoms with Gasteiger partial charge in [0, 0.05) is 15.4 Å². The molecule has 3 heteroatoms. The zero-order valence-corrected chi connectivity index (χ0v) is 11.6. The van der Waals surface area contributed by atoms with Gasteiger partial charge in [0.05, 0.1) is 6.04 Å². The van der Waals surface area contributed by atoms with Gasteiger partial charge in [-0.1, -0.05) is 15.9 Å². The molecule has 0 bridgehead atoms. The van der Waals surface area contributed by atoms with Gasteiger partial charge in [-0.15, -0.1) is 0 Å². The molecule has 0 spiro atoms. The normalized spacial score (nSPS) is 13.3. The molecule has 0 amide bonds. The quantitative estimate of drug-likeness (QED) is 0.897. The van der Waals surface area contributed by atoms with Crippen LogP contribution >= 0.6 is 15.9 Å². The van der Waals surface area contributed by atoms with Gasteiger partial charge in [0.2, 0.25) is 0 Å². The van der Waals surface area contributed by atoms with E-state index < -0.39 is 0 Å². The number of furan rings is 1. The zero-order chi connectivity index (χ0) is 11.9. The Morgan fingerprint density at radius 2 is 2.00 bits per heavy atom. The molecule has 16 heavy (non-hydrogen) atoms. The van der Waals surface area contributed by atoms with E-state index in [-0.39, 0.29) is 6.04 Å². The largest absolute Gasteiger partial charge is 0.459 e. The molecule has 0 radical (unpaired) electrons. The number of fused-ring (bicyclic) bond motifs is 1. The van der Waals surface area contributed by atoms with Crippen molar-refractivity contribution in [3.05, 3.63) is 33.5 Å². The van der Waals surface area contributed by atoms with Gasteiger partial charge >= 0.3 is 0 Å². The Hall–Kier alpha value is -0.800. The van der Waals surface area contributed by atoms with E-state index in [2.05, 4.69) is 54.2 Å². The second-order valence-corrected chi connectivity index (χ2v) is 5.12. The molecule has 86 valence electrons. The lowest BCUT2D eigenvalue weighted by Crippen LogP contribution is -2.12. The van der Waals surface area contributed by atoms with Gasteiger partial charge in [-0.2, -0.15) is 0 Å². The molecule has 0 saturated carbocycles. The number of halogens is 1. The van der Waals surface area contributed by atoms with Crippen molar-refractivity contribution < 1.29 is 4.42 Å². The van der Waals surface area contributed by atoms with E-state index in [4.69, 9.17) is 4.42 Å². The highest BCUT2D eigenvalue weighted by Crippen LogP contribution is 2.33. The average Bonchev–Trinajstić information content (AvgIpc) is 2.56. The number of benzene rings is 1. The smallest absolute Gasteiger partial charge is 0.137 e. The van der Waals surface area contributed by atoms with Crippen molar-refractivity contribution in [2.45, 2.75) is 26.8 Å². The van der Waals surface area contributed by atoms with Crippen molar-refractivity contribution in [3.8, 4) is 0 Å². The fraction of sp³-hybridized carbons (Fsp3) is 0.385. The molecule has 2 aromatic rings. The number of aryl methyl sites for hydroxylation is 2. The third-order valence-corrected chi connectivity index (χ3v) is 3.51. The summed E-state index contributed by atoms with van der Waals surface area (Å²) in [5.41, 5.74) is 3.39. The molecule has 1 heterocycles. The number of hydrogen-bond acceptors (Lipinski definition) is 2. The minimum Gasteiger partial charge on any atom is -0.459 e. The Kier molecular flexibility index (Phi) is 3.08. The molecular formula is C13H16BrNO. The summed E-state index contributed by atoms with van der Waals surface area (Å²) in [4.78, 5) is 0. The van der Waals surface area contributed by atoms with Crippen LogP contribution in [-0.4, -0.2) is 7.05 Å². The third-order valence-electron chi connectivity index (χ3n) is 3.05. The second-order valence-electron chi connectivity index (χ2n) is 4.20. The summed E-state index contributed by atoms with van der Waals surface area (Å²) in [6.45, 7) is 6.29. The Balaban J connectivity index is 2.72. The number of nitrogens with one attached hydrogen (secondary N) is 1. The monoisotopic (exact) mass is 281 g/mol. The zero-order valence-electron chi connectivity index (χ0n) is 10.0. The van der Waals surface area contributed by atoms with Gasteiger partial charge in [0.25, 0.3) is 0 Å². The van der Waals surface area contributed by atoms with Crippen molar-refractivity contribution in [2.24, 2.45) is 0 Å². The molecular weight excluding hydrogens is 266 g/mol. The summed E-state index contributed by atoms with van der Waals surface area (Å²) in [6, 6.07) is 4.44. The second kappa shape index (κ2) is 4.22. The minimum absolute atomic E-state index is 0.241. The minimum atomic E-state index is 0.241. The van der Waals surface area contributed by atoms with Crippen molar-refractivity contribution in [1.82, 2.24) is 5.32 Å². The lowest BCUT2D eigenvalue weighted by Gasteiger charge is -2.06. The van der Waals surface area contributed by atoms with Crippen LogP contribution in [0.25, 0.3) is 11.0 Å². The average molecular weight is 282 g/mol. The Morgan fingerprint density at radius 3 is 2.62 bits per heavy atom. The molecule has 2 rings (SSSR count). The predicted octanol–water partition coefficient (Wildman–Crippen LogP) is 4.09. The third kappa shape index (κ3) is 1.78. The van der Waals surface area contributed by atoms with Crippen LogP contribution in [0.1, 0.15) is 29.9 Å². The van der Waals surface area contributed by atoms with Crippen LogP contribution in [0.3, 0.4) is 0 Å². The Morgan fingerprint density at radius 1 is 1.31 bits per heavy atom. The van der Waals surface area contributed by atoms with Gasteiger partial charge < -0.3 is 9.73 Å². The first-order valence-corrected chi connectivity index (χ1v) is 6.20. The van der Waals surface area contributed by atoms with Gasteiger partial charge in [-0.05, 0) is 45.5 Å². The molecule has 1 aromatic carbocycles. The summed E-state index contributed by atoms with van der Waals surface area (Å²) in [5.74, 6) is 1.03. The summed E-state index contributed by atoms with van der Waals surface area (Å²) >= 11 is 3.52. The first-order valence-electron chi connectivity index (χ1n) is 5.41. The van der Waals surface area contributed by atoms with E-state index in [1.807, 2.05) is 7.05 Å². The number of rotatable bonds is 2. The summed E-state index contributed by atoms with van der Waals surface area (Å²) in [5, 5.41) is 4.41. The van der Waals surface area contributed by atoms with Crippen LogP contribution in [0.2, 0.25) is 0 Å². The Labute approximate surface area is 104 Å². The van der Waals surface area contributed by atoms with E-state index >= 15 is 0 Å². The van der Waals surface area contributed by atoms with E-state index in [1.54, 1.807) is 0 Å². The van der Waals surface area contributed by atoms with E-state index in [0.717, 1.165) is 15.8 Å². The molecule has 0 saturated heterocycles. The maximum atomic E-state index is 5.95. The van der Waals surface area contributed by atoms with E-state index in [0.29, 0.717) is 0 Å². The van der Waals surface area contributed by atoms with Crippen LogP contribution in [0, 0.1) is 13.8 Å². The summed E-state index contributed by atoms with van der Waals surface area (Å²) in [6.07, 6.45) is 0.